The van der Waals surface area contributed by atoms with Crippen molar-refractivity contribution in [2.45, 2.75) is 45.4 Å². The number of fused-ring (bicyclic) bond motifs is 1. The van der Waals surface area contributed by atoms with Gasteiger partial charge in [-0.15, -0.1) is 0 Å². The summed E-state index contributed by atoms with van der Waals surface area (Å²) < 4.78 is 8.27. The molecule has 32 heavy (non-hydrogen) atoms. The Morgan fingerprint density at radius 3 is 2.66 bits per heavy atom. The normalized spacial score (nSPS) is 18.6. The predicted molar refractivity (Wildman–Crippen MR) is 117 cm³/mol. The lowest BCUT2D eigenvalue weighted by Gasteiger charge is -2.27. The first kappa shape index (κ1) is 21.9. The monoisotopic (exact) mass is 440 g/mol. The van der Waals surface area contributed by atoms with E-state index in [-0.39, 0.29) is 12.1 Å². The van der Waals surface area contributed by atoms with Crippen molar-refractivity contribution < 1.29 is 14.6 Å². The fourth-order valence-corrected chi connectivity index (χ4v) is 4.11. The fraction of sp³-hybridized carbons (Fsp3) is 0.524. The fourth-order valence-electron chi connectivity index (χ4n) is 4.11. The van der Waals surface area contributed by atoms with Crippen molar-refractivity contribution in [3.05, 3.63) is 24.5 Å². The average molecular weight is 441 g/mol. The van der Waals surface area contributed by atoms with Crippen molar-refractivity contribution in [1.82, 2.24) is 39.3 Å². The molecule has 0 radical (unpaired) electrons. The van der Waals surface area contributed by atoms with E-state index in [2.05, 4.69) is 19.9 Å². The summed E-state index contributed by atoms with van der Waals surface area (Å²) in [4.78, 5) is 37.4. The third kappa shape index (κ3) is 4.20. The highest BCUT2D eigenvalue weighted by Crippen LogP contribution is 2.31. The van der Waals surface area contributed by atoms with Gasteiger partial charge in [0.2, 0.25) is 5.88 Å². The highest BCUT2D eigenvalue weighted by Gasteiger charge is 2.39. The molecule has 1 aliphatic rings. The standard InChI is InChI=1S/C21H28N8O3/c1-5-28-18(14-10-22-13(2)23-11-14)26-17-19(28)24-12-25-20(17)32-16-7-9-29(21(30)31)15(16)6-8-27(3)4/h10-12,15-16H,5-9H2,1-4H3,(H,30,31). The van der Waals surface area contributed by atoms with Crippen LogP contribution in [0.4, 0.5) is 4.79 Å². The Labute approximate surface area is 186 Å². The third-order valence-electron chi connectivity index (χ3n) is 5.72. The number of rotatable bonds is 7. The highest BCUT2D eigenvalue weighted by atomic mass is 16.5. The van der Waals surface area contributed by atoms with Crippen molar-refractivity contribution >= 4 is 17.3 Å². The molecule has 3 aromatic rings. The number of carbonyl (C=O) groups is 1. The van der Waals surface area contributed by atoms with Gasteiger partial charge in [0.05, 0.1) is 11.6 Å². The Balaban J connectivity index is 1.68. The lowest BCUT2D eigenvalue weighted by Crippen LogP contribution is -2.42. The average Bonchev–Trinajstić information content (AvgIpc) is 3.34. The molecule has 0 bridgehead atoms. The van der Waals surface area contributed by atoms with Gasteiger partial charge in [0.15, 0.2) is 11.2 Å². The second-order valence-electron chi connectivity index (χ2n) is 8.13. The van der Waals surface area contributed by atoms with E-state index in [0.29, 0.717) is 54.6 Å². The second kappa shape index (κ2) is 9.03. The molecule has 1 N–H and O–H groups in total. The van der Waals surface area contributed by atoms with Crippen LogP contribution >= 0.6 is 0 Å². The van der Waals surface area contributed by atoms with Crippen LogP contribution < -0.4 is 4.74 Å². The van der Waals surface area contributed by atoms with Gasteiger partial charge < -0.3 is 24.2 Å². The number of aryl methyl sites for hydroxylation is 2. The molecule has 4 heterocycles. The van der Waals surface area contributed by atoms with Gasteiger partial charge in [-0.3, -0.25) is 0 Å². The summed E-state index contributed by atoms with van der Waals surface area (Å²) >= 11 is 0. The number of amides is 1. The van der Waals surface area contributed by atoms with Crippen molar-refractivity contribution in [2.24, 2.45) is 0 Å². The molecule has 11 nitrogen and oxygen atoms in total. The van der Waals surface area contributed by atoms with Crippen LogP contribution in [-0.2, 0) is 6.54 Å². The van der Waals surface area contributed by atoms with Crippen molar-refractivity contribution in [3.63, 3.8) is 0 Å². The minimum absolute atomic E-state index is 0.252. The first-order chi connectivity index (χ1) is 15.4. The van der Waals surface area contributed by atoms with Gasteiger partial charge >= 0.3 is 6.09 Å². The van der Waals surface area contributed by atoms with Crippen LogP contribution in [0.2, 0.25) is 0 Å². The molecular formula is C21H28N8O3. The SMILES string of the molecule is CCn1c(-c2cnc(C)nc2)nc2c(OC3CCN(C(=O)O)C3CCN(C)C)ncnc21. The van der Waals surface area contributed by atoms with Crippen LogP contribution in [0.5, 0.6) is 5.88 Å². The number of nitrogens with zero attached hydrogens (tertiary/aromatic N) is 8. The molecule has 1 amide bonds. The molecular weight excluding hydrogens is 412 g/mol. The molecule has 4 rings (SSSR count). The van der Waals surface area contributed by atoms with Gasteiger partial charge in [0.1, 0.15) is 24.1 Å². The predicted octanol–water partition coefficient (Wildman–Crippen LogP) is 2.06. The lowest BCUT2D eigenvalue weighted by molar-refractivity contribution is 0.102. The van der Waals surface area contributed by atoms with Crippen molar-refractivity contribution in [2.75, 3.05) is 27.2 Å². The number of hydrogen-bond donors (Lipinski definition) is 1. The first-order valence-electron chi connectivity index (χ1n) is 10.7. The van der Waals surface area contributed by atoms with Crippen LogP contribution in [0.25, 0.3) is 22.6 Å². The Kier molecular flexibility index (Phi) is 6.17. The number of imidazole rings is 1. The summed E-state index contributed by atoms with van der Waals surface area (Å²) in [6.45, 7) is 5.69. The van der Waals surface area contributed by atoms with E-state index in [0.717, 1.165) is 12.1 Å². The molecule has 3 aromatic heterocycles. The third-order valence-corrected chi connectivity index (χ3v) is 5.72. The zero-order valence-corrected chi connectivity index (χ0v) is 18.8. The van der Waals surface area contributed by atoms with Gasteiger partial charge in [0, 0.05) is 31.9 Å². The first-order valence-corrected chi connectivity index (χ1v) is 10.7. The van der Waals surface area contributed by atoms with E-state index < -0.39 is 6.09 Å². The molecule has 0 aliphatic carbocycles. The molecule has 170 valence electrons. The molecule has 1 aliphatic heterocycles. The van der Waals surface area contributed by atoms with Gasteiger partial charge in [-0.25, -0.2) is 24.7 Å². The smallest absolute Gasteiger partial charge is 0.407 e. The Morgan fingerprint density at radius 2 is 2.00 bits per heavy atom. The van der Waals surface area contributed by atoms with E-state index in [1.54, 1.807) is 12.4 Å². The maximum Gasteiger partial charge on any atom is 0.407 e. The number of likely N-dealkylation sites (tertiary alicyclic amines) is 1. The van der Waals surface area contributed by atoms with E-state index in [9.17, 15) is 9.90 Å². The highest BCUT2D eigenvalue weighted by molar-refractivity contribution is 5.81. The van der Waals surface area contributed by atoms with E-state index in [1.165, 1.54) is 11.2 Å². The minimum atomic E-state index is -0.926. The maximum absolute atomic E-state index is 11.7. The number of aromatic nitrogens is 6. The summed E-state index contributed by atoms with van der Waals surface area (Å²) in [6, 6.07) is -0.252. The Morgan fingerprint density at radius 1 is 1.25 bits per heavy atom. The Bertz CT molecular complexity index is 1100. The van der Waals surface area contributed by atoms with E-state index in [1.807, 2.05) is 37.4 Å². The van der Waals surface area contributed by atoms with Gasteiger partial charge in [0.25, 0.3) is 0 Å². The Hall–Kier alpha value is -3.34. The van der Waals surface area contributed by atoms with E-state index >= 15 is 0 Å². The minimum Gasteiger partial charge on any atom is -0.470 e. The molecule has 0 saturated carbocycles. The summed E-state index contributed by atoms with van der Waals surface area (Å²) in [5.74, 6) is 1.74. The molecule has 1 fully saturated rings. The molecule has 11 heteroatoms. The van der Waals surface area contributed by atoms with Crippen LogP contribution in [-0.4, -0.2) is 89.8 Å². The number of carboxylic acid groups (broad SMARTS) is 1. The van der Waals surface area contributed by atoms with Crippen LogP contribution in [0.3, 0.4) is 0 Å². The van der Waals surface area contributed by atoms with Gasteiger partial charge in [-0.1, -0.05) is 0 Å². The topological polar surface area (TPSA) is 122 Å². The van der Waals surface area contributed by atoms with Gasteiger partial charge in [-0.05, 0) is 40.9 Å². The number of hydrogen-bond acceptors (Lipinski definition) is 8. The second-order valence-corrected chi connectivity index (χ2v) is 8.13. The van der Waals surface area contributed by atoms with E-state index in [4.69, 9.17) is 9.72 Å². The summed E-state index contributed by atoms with van der Waals surface area (Å²) in [6.07, 6.45) is 4.98. The van der Waals surface area contributed by atoms with Crippen LogP contribution in [0, 0.1) is 6.92 Å². The van der Waals surface area contributed by atoms with Crippen LogP contribution in [0.1, 0.15) is 25.6 Å². The molecule has 2 atom stereocenters. The zero-order valence-electron chi connectivity index (χ0n) is 18.8. The molecule has 1 saturated heterocycles. The number of ether oxygens (including phenoxy) is 1. The van der Waals surface area contributed by atoms with Crippen molar-refractivity contribution in [1.29, 1.82) is 0 Å². The molecule has 2 unspecified atom stereocenters. The molecule has 0 spiro atoms. The zero-order chi connectivity index (χ0) is 22.8. The van der Waals surface area contributed by atoms with Gasteiger partial charge in [-0.2, -0.15) is 4.98 Å². The maximum atomic E-state index is 11.7. The largest absolute Gasteiger partial charge is 0.470 e. The quantitative estimate of drug-likeness (QED) is 0.588. The van der Waals surface area contributed by atoms with Crippen LogP contribution in [0.15, 0.2) is 18.7 Å². The lowest BCUT2D eigenvalue weighted by atomic mass is 10.1. The molecule has 0 aromatic carbocycles. The summed E-state index contributed by atoms with van der Waals surface area (Å²) in [5, 5.41) is 9.63. The van der Waals surface area contributed by atoms with Crippen molar-refractivity contribution in [3.8, 4) is 17.3 Å². The summed E-state index contributed by atoms with van der Waals surface area (Å²) in [7, 11) is 3.94. The summed E-state index contributed by atoms with van der Waals surface area (Å²) in [5.41, 5.74) is 1.99.